The average Bonchev–Trinajstić information content (AvgIpc) is 2.60. The van der Waals surface area contributed by atoms with Crippen LogP contribution in [-0.4, -0.2) is 49.8 Å². The molecule has 0 radical (unpaired) electrons. The van der Waals surface area contributed by atoms with E-state index in [4.69, 9.17) is 4.74 Å². The van der Waals surface area contributed by atoms with Crippen molar-refractivity contribution in [2.24, 2.45) is 0 Å². The third kappa shape index (κ3) is 2.55. The molecule has 2 aliphatic rings. The second-order valence-electron chi connectivity index (χ2n) is 4.64. The van der Waals surface area contributed by atoms with E-state index in [2.05, 4.69) is 5.32 Å². The number of nitrogens with one attached hydrogen (secondary N) is 1. The summed E-state index contributed by atoms with van der Waals surface area (Å²) in [7, 11) is -3.12. The Bertz CT molecular complexity index is 399. The van der Waals surface area contributed by atoms with Gasteiger partial charge in [0, 0.05) is 25.9 Å². The van der Waals surface area contributed by atoms with Crippen LogP contribution in [-0.2, 0) is 14.8 Å². The van der Waals surface area contributed by atoms with Crippen molar-refractivity contribution in [2.75, 3.05) is 25.4 Å². The van der Waals surface area contributed by atoms with Crippen molar-refractivity contribution in [1.82, 2.24) is 9.62 Å². The van der Waals surface area contributed by atoms with Crippen LogP contribution in [0.5, 0.6) is 0 Å². The van der Waals surface area contributed by atoms with Crippen LogP contribution in [0.2, 0.25) is 0 Å². The van der Waals surface area contributed by atoms with Gasteiger partial charge in [-0.1, -0.05) is 6.92 Å². The Balaban J connectivity index is 1.97. The lowest BCUT2D eigenvalue weighted by Crippen LogP contribution is -2.48. The normalized spacial score (nSPS) is 24.6. The van der Waals surface area contributed by atoms with Gasteiger partial charge in [0.1, 0.15) is 5.60 Å². The standard InChI is InChI=1S/C10H18N2O4S/c1-2-7-17(14,15)12-5-3-10(4-6-12)8-11-9(13)16-10/h2-8H2,1H3,(H,11,13). The zero-order valence-electron chi connectivity index (χ0n) is 9.94. The molecule has 1 N–H and O–H groups in total. The van der Waals surface area contributed by atoms with Gasteiger partial charge in [0.15, 0.2) is 0 Å². The summed E-state index contributed by atoms with van der Waals surface area (Å²) in [5.74, 6) is 0.192. The third-order valence-electron chi connectivity index (χ3n) is 3.35. The van der Waals surface area contributed by atoms with Gasteiger partial charge in [-0.15, -0.1) is 0 Å². The van der Waals surface area contributed by atoms with Crippen LogP contribution in [0.1, 0.15) is 26.2 Å². The Kier molecular flexibility index (Phi) is 3.31. The highest BCUT2D eigenvalue weighted by molar-refractivity contribution is 7.89. The molecule has 0 saturated carbocycles. The van der Waals surface area contributed by atoms with Gasteiger partial charge < -0.3 is 10.1 Å². The zero-order valence-corrected chi connectivity index (χ0v) is 10.8. The first-order chi connectivity index (χ1) is 7.97. The van der Waals surface area contributed by atoms with E-state index < -0.39 is 21.7 Å². The van der Waals surface area contributed by atoms with Crippen LogP contribution in [0, 0.1) is 0 Å². The third-order valence-corrected chi connectivity index (χ3v) is 5.43. The van der Waals surface area contributed by atoms with Crippen LogP contribution < -0.4 is 5.32 Å². The van der Waals surface area contributed by atoms with E-state index in [1.165, 1.54) is 4.31 Å². The van der Waals surface area contributed by atoms with Gasteiger partial charge in [-0.3, -0.25) is 0 Å². The highest BCUT2D eigenvalue weighted by Gasteiger charge is 2.44. The topological polar surface area (TPSA) is 75.7 Å². The summed E-state index contributed by atoms with van der Waals surface area (Å²) < 4.78 is 30.5. The number of rotatable bonds is 3. The molecule has 0 aromatic heterocycles. The molecule has 6 nitrogen and oxygen atoms in total. The van der Waals surface area contributed by atoms with Crippen molar-refractivity contribution < 1.29 is 17.9 Å². The Morgan fingerprint density at radius 3 is 2.53 bits per heavy atom. The SMILES string of the molecule is CCCS(=O)(=O)N1CCC2(CC1)CNC(=O)O2. The number of amides is 1. The maximum atomic E-state index is 11.9. The fraction of sp³-hybridized carbons (Fsp3) is 0.900. The first kappa shape index (κ1) is 12.6. The summed E-state index contributed by atoms with van der Waals surface area (Å²) in [5, 5.41) is 2.63. The van der Waals surface area contributed by atoms with Crippen molar-refractivity contribution in [3.05, 3.63) is 0 Å². The quantitative estimate of drug-likeness (QED) is 0.793. The molecule has 0 aromatic rings. The van der Waals surface area contributed by atoms with Gasteiger partial charge in [0.2, 0.25) is 10.0 Å². The van der Waals surface area contributed by atoms with Crippen molar-refractivity contribution in [2.45, 2.75) is 31.8 Å². The molecule has 0 unspecified atom stereocenters. The molecular formula is C10H18N2O4S. The lowest BCUT2D eigenvalue weighted by atomic mass is 9.93. The first-order valence-corrected chi connectivity index (χ1v) is 7.53. The smallest absolute Gasteiger partial charge is 0.407 e. The molecule has 2 rings (SSSR count). The molecule has 2 heterocycles. The number of piperidine rings is 1. The minimum atomic E-state index is -3.12. The minimum Gasteiger partial charge on any atom is -0.441 e. The number of hydrogen-bond donors (Lipinski definition) is 1. The van der Waals surface area contributed by atoms with E-state index in [0.717, 1.165) is 0 Å². The summed E-state index contributed by atoms with van der Waals surface area (Å²) in [5.41, 5.74) is -0.477. The highest BCUT2D eigenvalue weighted by Crippen LogP contribution is 2.30. The van der Waals surface area contributed by atoms with Crippen molar-refractivity contribution in [3.8, 4) is 0 Å². The predicted octanol–water partition coefficient (Wildman–Crippen LogP) is 0.301. The molecule has 2 fully saturated rings. The van der Waals surface area contributed by atoms with Crippen LogP contribution in [0.25, 0.3) is 0 Å². The van der Waals surface area contributed by atoms with Crippen LogP contribution >= 0.6 is 0 Å². The number of alkyl carbamates (subject to hydrolysis) is 1. The number of nitrogens with zero attached hydrogens (tertiary/aromatic N) is 1. The Morgan fingerprint density at radius 1 is 1.41 bits per heavy atom. The monoisotopic (exact) mass is 262 g/mol. The summed E-state index contributed by atoms with van der Waals surface area (Å²) in [6, 6.07) is 0. The lowest BCUT2D eigenvalue weighted by Gasteiger charge is -2.36. The molecule has 17 heavy (non-hydrogen) atoms. The molecule has 7 heteroatoms. The summed E-state index contributed by atoms with van der Waals surface area (Å²) in [6.45, 7) is 3.23. The minimum absolute atomic E-state index is 0.192. The van der Waals surface area contributed by atoms with Gasteiger partial charge in [0.25, 0.3) is 0 Å². The van der Waals surface area contributed by atoms with Gasteiger partial charge in [-0.05, 0) is 6.42 Å². The van der Waals surface area contributed by atoms with Crippen molar-refractivity contribution in [3.63, 3.8) is 0 Å². The number of carbonyl (C=O) groups excluding carboxylic acids is 1. The first-order valence-electron chi connectivity index (χ1n) is 5.92. The number of ether oxygens (including phenoxy) is 1. The van der Waals surface area contributed by atoms with Crippen molar-refractivity contribution in [1.29, 1.82) is 0 Å². The summed E-state index contributed by atoms with van der Waals surface area (Å²) in [6.07, 6.45) is 1.39. The fourth-order valence-corrected chi connectivity index (χ4v) is 3.85. The van der Waals surface area contributed by atoms with E-state index in [9.17, 15) is 13.2 Å². The maximum Gasteiger partial charge on any atom is 0.407 e. The van der Waals surface area contributed by atoms with E-state index in [0.29, 0.717) is 38.9 Å². The number of hydrogen-bond acceptors (Lipinski definition) is 4. The average molecular weight is 262 g/mol. The van der Waals surface area contributed by atoms with Crippen LogP contribution in [0.4, 0.5) is 4.79 Å². The summed E-state index contributed by atoms with van der Waals surface area (Å²) >= 11 is 0. The largest absolute Gasteiger partial charge is 0.441 e. The molecule has 2 saturated heterocycles. The van der Waals surface area contributed by atoms with E-state index in [-0.39, 0.29) is 5.75 Å². The molecule has 0 aromatic carbocycles. The molecule has 98 valence electrons. The fourth-order valence-electron chi connectivity index (χ4n) is 2.34. The van der Waals surface area contributed by atoms with Crippen molar-refractivity contribution >= 4 is 16.1 Å². The molecular weight excluding hydrogens is 244 g/mol. The molecule has 1 spiro atoms. The van der Waals surface area contributed by atoms with E-state index in [1.54, 1.807) is 0 Å². The molecule has 2 aliphatic heterocycles. The zero-order chi connectivity index (χ0) is 12.5. The molecule has 0 atom stereocenters. The van der Waals surface area contributed by atoms with Gasteiger partial charge in [0.05, 0.1) is 12.3 Å². The summed E-state index contributed by atoms with van der Waals surface area (Å²) in [4.78, 5) is 11.0. The van der Waals surface area contributed by atoms with Crippen LogP contribution in [0.3, 0.4) is 0 Å². The number of sulfonamides is 1. The maximum absolute atomic E-state index is 11.9. The Morgan fingerprint density at radius 2 is 2.06 bits per heavy atom. The second-order valence-corrected chi connectivity index (χ2v) is 6.73. The van der Waals surface area contributed by atoms with E-state index in [1.807, 2.05) is 6.92 Å². The Labute approximate surface area is 101 Å². The van der Waals surface area contributed by atoms with Gasteiger partial charge in [-0.25, -0.2) is 17.5 Å². The van der Waals surface area contributed by atoms with E-state index >= 15 is 0 Å². The van der Waals surface area contributed by atoms with Crippen LogP contribution in [0.15, 0.2) is 0 Å². The lowest BCUT2D eigenvalue weighted by molar-refractivity contribution is 0.0173. The Hall–Kier alpha value is -0.820. The van der Waals surface area contributed by atoms with Gasteiger partial charge in [-0.2, -0.15) is 0 Å². The predicted molar refractivity (Wildman–Crippen MR) is 62.1 cm³/mol. The molecule has 0 aliphatic carbocycles. The highest BCUT2D eigenvalue weighted by atomic mass is 32.2. The molecule has 1 amide bonds. The van der Waals surface area contributed by atoms with Gasteiger partial charge >= 0.3 is 6.09 Å². The second kappa shape index (κ2) is 4.45. The molecule has 0 bridgehead atoms. The number of carbonyl (C=O) groups is 1.